The number of hydrogen-bond acceptors (Lipinski definition) is 7. The Labute approximate surface area is 180 Å². The van der Waals surface area contributed by atoms with E-state index in [2.05, 4.69) is 9.97 Å². The molecule has 2 aliphatic rings. The third-order valence-corrected chi connectivity index (χ3v) is 4.98. The van der Waals surface area contributed by atoms with Gasteiger partial charge in [-0.3, -0.25) is 24.5 Å². The van der Waals surface area contributed by atoms with Gasteiger partial charge in [0.25, 0.3) is 11.2 Å². The van der Waals surface area contributed by atoms with Crippen LogP contribution in [0.5, 0.6) is 0 Å². The normalized spacial score (nSPS) is 11.0. The van der Waals surface area contributed by atoms with Gasteiger partial charge in [0, 0.05) is 23.2 Å². The van der Waals surface area contributed by atoms with Crippen molar-refractivity contribution in [1.82, 2.24) is 14.5 Å². The predicted molar refractivity (Wildman–Crippen MR) is 116 cm³/mol. The van der Waals surface area contributed by atoms with E-state index in [0.717, 1.165) is 12.8 Å². The molecule has 32 heavy (non-hydrogen) atoms. The summed E-state index contributed by atoms with van der Waals surface area (Å²) >= 11 is 0. The van der Waals surface area contributed by atoms with Gasteiger partial charge in [0.2, 0.25) is 0 Å². The summed E-state index contributed by atoms with van der Waals surface area (Å²) in [5.74, 6) is -0.358. The Hall–Kier alpha value is -4.34. The fraction of sp³-hybridized carbons (Fsp3) is 0.182. The Morgan fingerprint density at radius 1 is 1.16 bits per heavy atom. The number of H-pyrrole nitrogens is 1. The topological polar surface area (TPSA) is 137 Å². The van der Waals surface area contributed by atoms with Crippen LogP contribution in [0.25, 0.3) is 28.0 Å². The highest BCUT2D eigenvalue weighted by molar-refractivity contribution is 5.91. The van der Waals surface area contributed by atoms with Gasteiger partial charge in [-0.25, -0.2) is 9.59 Å². The SMILES string of the molecule is CCCCOC(=O)c1ccc(-n2c3nc(=O)[nH]c(=O)c-3cc3cc([N+](=O)[O-])ccc32)cc1. The number of carbonyl (C=O) groups is 1. The fourth-order valence-electron chi connectivity index (χ4n) is 3.40. The molecule has 0 saturated heterocycles. The zero-order chi connectivity index (χ0) is 22.8. The largest absolute Gasteiger partial charge is 0.462 e. The number of nitro benzene ring substituents is 1. The number of nitrogens with zero attached hydrogens (tertiary/aromatic N) is 3. The number of nitro groups is 1. The molecule has 0 unspecified atom stereocenters. The van der Waals surface area contributed by atoms with Crippen molar-refractivity contribution in [3.05, 3.63) is 85.0 Å². The van der Waals surface area contributed by atoms with Gasteiger partial charge in [-0.1, -0.05) is 13.3 Å². The Morgan fingerprint density at radius 2 is 1.91 bits per heavy atom. The van der Waals surface area contributed by atoms with Gasteiger partial charge < -0.3 is 4.74 Å². The molecule has 162 valence electrons. The molecule has 0 fully saturated rings. The molecular formula is C22H18N4O6. The van der Waals surface area contributed by atoms with Gasteiger partial charge in [-0.05, 0) is 42.8 Å². The first-order valence-corrected chi connectivity index (χ1v) is 9.91. The van der Waals surface area contributed by atoms with E-state index in [1.54, 1.807) is 28.8 Å². The second kappa shape index (κ2) is 8.42. The van der Waals surface area contributed by atoms with Crippen molar-refractivity contribution in [2.24, 2.45) is 0 Å². The van der Waals surface area contributed by atoms with Crippen molar-refractivity contribution in [1.29, 1.82) is 0 Å². The van der Waals surface area contributed by atoms with Crippen molar-refractivity contribution in [2.45, 2.75) is 19.8 Å². The van der Waals surface area contributed by atoms with Crippen LogP contribution in [0, 0.1) is 10.1 Å². The van der Waals surface area contributed by atoms with E-state index in [-0.39, 0.29) is 17.1 Å². The maximum Gasteiger partial charge on any atom is 0.349 e. The molecule has 10 heteroatoms. The van der Waals surface area contributed by atoms with Gasteiger partial charge in [-0.15, -0.1) is 0 Å². The summed E-state index contributed by atoms with van der Waals surface area (Å²) in [4.78, 5) is 53.2. The van der Waals surface area contributed by atoms with E-state index in [1.165, 1.54) is 24.3 Å². The average molecular weight is 434 g/mol. The zero-order valence-corrected chi connectivity index (χ0v) is 17.0. The van der Waals surface area contributed by atoms with Gasteiger partial charge >= 0.3 is 11.7 Å². The number of nitrogens with one attached hydrogen (secondary N) is 1. The molecule has 0 bridgehead atoms. The van der Waals surface area contributed by atoms with Crippen LogP contribution in [0.4, 0.5) is 5.69 Å². The molecule has 2 aliphatic heterocycles. The smallest absolute Gasteiger partial charge is 0.349 e. The van der Waals surface area contributed by atoms with Crippen LogP contribution < -0.4 is 11.2 Å². The number of aromatic amines is 1. The number of fused-ring (bicyclic) bond motifs is 2. The summed E-state index contributed by atoms with van der Waals surface area (Å²) < 4.78 is 6.77. The lowest BCUT2D eigenvalue weighted by molar-refractivity contribution is -0.384. The maximum atomic E-state index is 12.4. The third kappa shape index (κ3) is 3.85. The van der Waals surface area contributed by atoms with E-state index in [0.29, 0.717) is 28.8 Å². The third-order valence-electron chi connectivity index (χ3n) is 4.98. The number of non-ortho nitro benzene ring substituents is 1. The van der Waals surface area contributed by atoms with E-state index in [1.807, 2.05) is 6.92 Å². The Bertz CT molecular complexity index is 1420. The minimum Gasteiger partial charge on any atom is -0.462 e. The molecule has 0 aromatic heterocycles. The zero-order valence-electron chi connectivity index (χ0n) is 17.0. The molecule has 4 rings (SSSR count). The molecule has 0 radical (unpaired) electrons. The number of aromatic nitrogens is 3. The highest BCUT2D eigenvalue weighted by Crippen LogP contribution is 2.30. The minimum absolute atomic E-state index is 0.0957. The fourth-order valence-corrected chi connectivity index (χ4v) is 3.40. The number of esters is 1. The van der Waals surface area contributed by atoms with Crippen LogP contribution in [-0.2, 0) is 4.74 Å². The number of rotatable bonds is 6. The molecule has 0 amide bonds. The van der Waals surface area contributed by atoms with E-state index in [4.69, 9.17) is 4.74 Å². The second-order valence-corrected chi connectivity index (χ2v) is 7.12. The molecule has 0 spiro atoms. The molecule has 2 aromatic rings. The lowest BCUT2D eigenvalue weighted by Gasteiger charge is -2.17. The molecule has 2 aromatic carbocycles. The molecule has 0 saturated carbocycles. The Morgan fingerprint density at radius 3 is 2.59 bits per heavy atom. The van der Waals surface area contributed by atoms with Crippen LogP contribution in [0.3, 0.4) is 0 Å². The summed E-state index contributed by atoms with van der Waals surface area (Å²) in [5, 5.41) is 11.6. The summed E-state index contributed by atoms with van der Waals surface area (Å²) in [7, 11) is 0. The summed E-state index contributed by atoms with van der Waals surface area (Å²) in [6, 6.07) is 12.0. The highest BCUT2D eigenvalue weighted by atomic mass is 16.6. The lowest BCUT2D eigenvalue weighted by Crippen LogP contribution is -2.27. The van der Waals surface area contributed by atoms with E-state index in [9.17, 15) is 24.5 Å². The average Bonchev–Trinajstić information content (AvgIpc) is 2.77. The first-order chi connectivity index (χ1) is 15.4. The van der Waals surface area contributed by atoms with Crippen LogP contribution in [0.2, 0.25) is 0 Å². The van der Waals surface area contributed by atoms with Gasteiger partial charge in [0.1, 0.15) is 0 Å². The van der Waals surface area contributed by atoms with Crippen molar-refractivity contribution in [2.75, 3.05) is 6.61 Å². The summed E-state index contributed by atoms with van der Waals surface area (Å²) in [5.41, 5.74) is -0.150. The number of unbranched alkanes of at least 4 members (excludes halogenated alkanes) is 1. The van der Waals surface area contributed by atoms with Crippen LogP contribution in [0.1, 0.15) is 30.1 Å². The number of pyridine rings is 1. The minimum atomic E-state index is -0.811. The number of carbonyl (C=O) groups excluding carboxylic acids is 1. The standard InChI is InChI=1S/C22H18N4O6/c1-2-3-10-32-21(28)13-4-6-15(7-5-13)25-18-9-8-16(26(30)31)11-14(18)12-17-19(25)23-22(29)24-20(17)27/h4-9,11-12H,2-3,10H2,1H3,(H,24,27,29). The molecule has 0 atom stereocenters. The molecule has 0 aliphatic carbocycles. The molecular weight excluding hydrogens is 416 g/mol. The van der Waals surface area contributed by atoms with Crippen LogP contribution in [-0.4, -0.2) is 32.0 Å². The van der Waals surface area contributed by atoms with Crippen LogP contribution >= 0.6 is 0 Å². The van der Waals surface area contributed by atoms with Gasteiger partial charge in [-0.2, -0.15) is 4.98 Å². The molecule has 2 heterocycles. The quantitative estimate of drug-likeness (QED) is 0.162. The van der Waals surface area contributed by atoms with Crippen molar-refractivity contribution in [3.63, 3.8) is 0 Å². The number of hydrogen-bond donors (Lipinski definition) is 1. The Balaban J connectivity index is 1.90. The van der Waals surface area contributed by atoms with E-state index >= 15 is 0 Å². The van der Waals surface area contributed by atoms with Crippen molar-refractivity contribution >= 4 is 22.6 Å². The summed E-state index contributed by atoms with van der Waals surface area (Å²) in [6.45, 7) is 2.33. The molecule has 10 nitrogen and oxygen atoms in total. The molecule has 1 N–H and O–H groups in total. The first kappa shape index (κ1) is 20.9. The summed E-state index contributed by atoms with van der Waals surface area (Å²) in [6.07, 6.45) is 1.68. The van der Waals surface area contributed by atoms with Crippen LogP contribution in [0.15, 0.2) is 58.1 Å². The maximum absolute atomic E-state index is 12.4. The second-order valence-electron chi connectivity index (χ2n) is 7.12. The van der Waals surface area contributed by atoms with Crippen molar-refractivity contribution < 1.29 is 14.5 Å². The first-order valence-electron chi connectivity index (χ1n) is 9.91. The predicted octanol–water partition coefficient (Wildman–Crippen LogP) is 3.04. The number of ether oxygens (including phenoxy) is 1. The number of benzene rings is 2. The van der Waals surface area contributed by atoms with Gasteiger partial charge in [0.05, 0.1) is 28.2 Å². The monoisotopic (exact) mass is 434 g/mol. The van der Waals surface area contributed by atoms with Crippen molar-refractivity contribution in [3.8, 4) is 17.1 Å². The lowest BCUT2D eigenvalue weighted by atomic mass is 10.1. The Kier molecular flexibility index (Phi) is 5.50. The highest BCUT2D eigenvalue weighted by Gasteiger charge is 2.20. The van der Waals surface area contributed by atoms with Gasteiger partial charge in [0.15, 0.2) is 5.82 Å². The van der Waals surface area contributed by atoms with E-state index < -0.39 is 22.1 Å².